The van der Waals surface area contributed by atoms with Gasteiger partial charge >= 0.3 is 6.18 Å². The van der Waals surface area contributed by atoms with Crippen LogP contribution in [0, 0.1) is 11.3 Å². The highest BCUT2D eigenvalue weighted by atomic mass is 19.4. The Labute approximate surface area is 114 Å². The number of nitrogens with zero attached hydrogens (tertiary/aromatic N) is 4. The summed E-state index contributed by atoms with van der Waals surface area (Å²) in [6.07, 6.45) is -0.178. The standard InChI is InChI=1S/C12H16F3N5/c13-12(14,15)11-18-17-9-7-19(5-6-20(9)11)10(16)8-3-1-2-4-8/h8,16H,1-7H2. The van der Waals surface area contributed by atoms with Crippen LogP contribution >= 0.6 is 0 Å². The van der Waals surface area contributed by atoms with Gasteiger partial charge in [0.1, 0.15) is 0 Å². The summed E-state index contributed by atoms with van der Waals surface area (Å²) in [5.41, 5.74) is 0. The predicted molar refractivity (Wildman–Crippen MR) is 65.1 cm³/mol. The highest BCUT2D eigenvalue weighted by molar-refractivity contribution is 5.81. The topological polar surface area (TPSA) is 57.8 Å². The number of aromatic nitrogens is 3. The number of nitrogens with one attached hydrogen (secondary N) is 1. The second-order valence-corrected chi connectivity index (χ2v) is 5.38. The van der Waals surface area contributed by atoms with Gasteiger partial charge in [-0.05, 0) is 12.8 Å². The minimum atomic E-state index is -4.47. The van der Waals surface area contributed by atoms with Crippen LogP contribution in [-0.4, -0.2) is 32.0 Å². The fraction of sp³-hybridized carbons (Fsp3) is 0.750. The number of fused-ring (bicyclic) bond motifs is 1. The van der Waals surface area contributed by atoms with Gasteiger partial charge < -0.3 is 9.47 Å². The summed E-state index contributed by atoms with van der Waals surface area (Å²) in [4.78, 5) is 1.83. The molecule has 0 radical (unpaired) electrons. The summed E-state index contributed by atoms with van der Waals surface area (Å²) in [5, 5.41) is 15.1. The van der Waals surface area contributed by atoms with Crippen LogP contribution in [0.3, 0.4) is 0 Å². The van der Waals surface area contributed by atoms with E-state index >= 15 is 0 Å². The summed E-state index contributed by atoms with van der Waals surface area (Å²) in [6, 6.07) is 0. The van der Waals surface area contributed by atoms with Crippen molar-refractivity contribution in [2.45, 2.75) is 44.9 Å². The average Bonchev–Trinajstić information content (AvgIpc) is 3.05. The molecule has 3 rings (SSSR count). The van der Waals surface area contributed by atoms with E-state index in [1.54, 1.807) is 0 Å². The molecule has 1 aliphatic heterocycles. The van der Waals surface area contributed by atoms with Crippen molar-refractivity contribution in [2.24, 2.45) is 5.92 Å². The Morgan fingerprint density at radius 2 is 1.85 bits per heavy atom. The van der Waals surface area contributed by atoms with Gasteiger partial charge in [-0.1, -0.05) is 12.8 Å². The monoisotopic (exact) mass is 287 g/mol. The molecule has 20 heavy (non-hydrogen) atoms. The molecule has 1 fully saturated rings. The Bertz CT molecular complexity index is 516. The lowest BCUT2D eigenvalue weighted by atomic mass is 10.1. The lowest BCUT2D eigenvalue weighted by molar-refractivity contribution is -0.147. The van der Waals surface area contributed by atoms with Crippen molar-refractivity contribution >= 4 is 5.84 Å². The summed E-state index contributed by atoms with van der Waals surface area (Å²) >= 11 is 0. The molecular formula is C12H16F3N5. The number of hydrogen-bond donors (Lipinski definition) is 1. The van der Waals surface area contributed by atoms with Crippen molar-refractivity contribution in [1.82, 2.24) is 19.7 Å². The van der Waals surface area contributed by atoms with Gasteiger partial charge in [0.05, 0.1) is 12.4 Å². The third kappa shape index (κ3) is 2.27. The molecule has 110 valence electrons. The molecule has 1 aliphatic carbocycles. The minimum absolute atomic E-state index is 0.187. The van der Waals surface area contributed by atoms with E-state index in [-0.39, 0.29) is 19.0 Å². The maximum Gasteiger partial charge on any atom is 0.451 e. The molecule has 1 aromatic rings. The van der Waals surface area contributed by atoms with E-state index in [0.29, 0.717) is 18.2 Å². The molecular weight excluding hydrogens is 271 g/mol. The molecule has 0 bridgehead atoms. The predicted octanol–water partition coefficient (Wildman–Crippen LogP) is 2.28. The van der Waals surface area contributed by atoms with Gasteiger partial charge in [0.25, 0.3) is 0 Å². The summed E-state index contributed by atoms with van der Waals surface area (Å²) in [5.74, 6) is 0.169. The normalized spacial score (nSPS) is 20.2. The van der Waals surface area contributed by atoms with Crippen molar-refractivity contribution < 1.29 is 13.2 Å². The van der Waals surface area contributed by atoms with Crippen LogP contribution < -0.4 is 0 Å². The van der Waals surface area contributed by atoms with Crippen molar-refractivity contribution in [2.75, 3.05) is 6.54 Å². The van der Waals surface area contributed by atoms with Gasteiger partial charge in [-0.2, -0.15) is 13.2 Å². The molecule has 2 heterocycles. The molecule has 0 atom stereocenters. The van der Waals surface area contributed by atoms with Crippen LogP contribution in [0.1, 0.15) is 37.3 Å². The second-order valence-electron chi connectivity index (χ2n) is 5.38. The summed E-state index contributed by atoms with van der Waals surface area (Å²) in [7, 11) is 0. The quantitative estimate of drug-likeness (QED) is 0.637. The maximum absolute atomic E-state index is 12.7. The van der Waals surface area contributed by atoms with Crippen LogP contribution in [0.15, 0.2) is 0 Å². The Kier molecular flexibility index (Phi) is 3.18. The van der Waals surface area contributed by atoms with Gasteiger partial charge in [-0.15, -0.1) is 10.2 Å². The van der Waals surface area contributed by atoms with Crippen LogP contribution in [0.5, 0.6) is 0 Å². The molecule has 0 saturated heterocycles. The number of rotatable bonds is 1. The molecule has 8 heteroatoms. The molecule has 1 N–H and O–H groups in total. The molecule has 2 aliphatic rings. The molecule has 0 spiro atoms. The largest absolute Gasteiger partial charge is 0.451 e. The first kappa shape index (κ1) is 13.4. The smallest absolute Gasteiger partial charge is 0.351 e. The zero-order valence-electron chi connectivity index (χ0n) is 10.9. The first-order valence-corrected chi connectivity index (χ1v) is 6.79. The molecule has 1 saturated carbocycles. The van der Waals surface area contributed by atoms with E-state index < -0.39 is 12.0 Å². The van der Waals surface area contributed by atoms with Gasteiger partial charge in [-0.3, -0.25) is 5.41 Å². The van der Waals surface area contributed by atoms with Crippen LogP contribution in [-0.2, 0) is 19.3 Å². The van der Waals surface area contributed by atoms with Crippen LogP contribution in [0.4, 0.5) is 13.2 Å². The Morgan fingerprint density at radius 3 is 2.50 bits per heavy atom. The SMILES string of the molecule is N=C(C1CCCC1)N1CCn2c(nnc2C(F)(F)F)C1. The van der Waals surface area contributed by atoms with E-state index in [1.807, 2.05) is 4.90 Å². The lowest BCUT2D eigenvalue weighted by Gasteiger charge is -2.32. The minimum Gasteiger partial charge on any atom is -0.351 e. The first-order valence-electron chi connectivity index (χ1n) is 6.79. The van der Waals surface area contributed by atoms with Crippen molar-refractivity contribution in [3.63, 3.8) is 0 Å². The zero-order chi connectivity index (χ0) is 14.3. The average molecular weight is 287 g/mol. The van der Waals surface area contributed by atoms with Gasteiger partial charge in [0.2, 0.25) is 5.82 Å². The van der Waals surface area contributed by atoms with Crippen LogP contribution in [0.25, 0.3) is 0 Å². The van der Waals surface area contributed by atoms with Crippen molar-refractivity contribution in [3.8, 4) is 0 Å². The van der Waals surface area contributed by atoms with Gasteiger partial charge in [0, 0.05) is 19.0 Å². The fourth-order valence-corrected chi connectivity index (χ4v) is 3.03. The van der Waals surface area contributed by atoms with E-state index in [2.05, 4.69) is 10.2 Å². The van der Waals surface area contributed by atoms with E-state index in [4.69, 9.17) is 5.41 Å². The Hall–Kier alpha value is -1.60. The lowest BCUT2D eigenvalue weighted by Crippen LogP contribution is -2.41. The van der Waals surface area contributed by atoms with Crippen LogP contribution in [0.2, 0.25) is 0 Å². The molecule has 5 nitrogen and oxygen atoms in total. The summed E-state index contributed by atoms with van der Waals surface area (Å²) < 4.78 is 39.3. The maximum atomic E-state index is 12.7. The summed E-state index contributed by atoms with van der Waals surface area (Å²) in [6.45, 7) is 0.855. The molecule has 0 amide bonds. The Balaban J connectivity index is 1.76. The number of halogens is 3. The number of alkyl halides is 3. The van der Waals surface area contributed by atoms with E-state index in [0.717, 1.165) is 30.3 Å². The highest BCUT2D eigenvalue weighted by Gasteiger charge is 2.40. The van der Waals surface area contributed by atoms with E-state index in [9.17, 15) is 13.2 Å². The third-order valence-corrected chi connectivity index (χ3v) is 4.09. The highest BCUT2D eigenvalue weighted by Crippen LogP contribution is 2.31. The first-order chi connectivity index (χ1) is 9.47. The fourth-order valence-electron chi connectivity index (χ4n) is 3.03. The number of amidine groups is 1. The third-order valence-electron chi connectivity index (χ3n) is 4.09. The second kappa shape index (κ2) is 4.75. The van der Waals surface area contributed by atoms with E-state index in [1.165, 1.54) is 0 Å². The van der Waals surface area contributed by atoms with Crippen molar-refractivity contribution in [1.29, 1.82) is 5.41 Å². The Morgan fingerprint density at radius 1 is 1.15 bits per heavy atom. The molecule has 1 aromatic heterocycles. The zero-order valence-corrected chi connectivity index (χ0v) is 10.9. The van der Waals surface area contributed by atoms with Gasteiger partial charge in [0.15, 0.2) is 5.82 Å². The molecule has 0 aromatic carbocycles. The molecule has 0 unspecified atom stereocenters. The van der Waals surface area contributed by atoms with Gasteiger partial charge in [-0.25, -0.2) is 0 Å². The van der Waals surface area contributed by atoms with Crippen molar-refractivity contribution in [3.05, 3.63) is 11.6 Å². The number of hydrogen-bond acceptors (Lipinski definition) is 3.